The number of benzene rings is 1. The maximum Gasteiger partial charge on any atom is 0.260 e. The number of ether oxygens (including phenoxy) is 1. The van der Waals surface area contributed by atoms with Crippen molar-refractivity contribution in [3.63, 3.8) is 0 Å². The second-order valence-corrected chi connectivity index (χ2v) is 4.85. The highest BCUT2D eigenvalue weighted by Crippen LogP contribution is 2.26. The molecular formula is C12H15BrFNO2. The molecule has 1 atom stereocenters. The molecule has 0 aliphatic rings. The molecule has 3 nitrogen and oxygen atoms in total. The summed E-state index contributed by atoms with van der Waals surface area (Å²) in [5.41, 5.74) is 0. The van der Waals surface area contributed by atoms with Gasteiger partial charge in [-0.2, -0.15) is 0 Å². The molecule has 5 heteroatoms. The van der Waals surface area contributed by atoms with E-state index in [-0.39, 0.29) is 17.8 Å². The molecule has 1 aromatic carbocycles. The summed E-state index contributed by atoms with van der Waals surface area (Å²) < 4.78 is 18.8. The van der Waals surface area contributed by atoms with Gasteiger partial charge in [-0.1, -0.05) is 0 Å². The fourth-order valence-corrected chi connectivity index (χ4v) is 1.66. The van der Waals surface area contributed by atoms with E-state index in [0.717, 1.165) is 0 Å². The quantitative estimate of drug-likeness (QED) is 0.929. The van der Waals surface area contributed by atoms with Gasteiger partial charge in [-0.15, -0.1) is 0 Å². The minimum Gasteiger partial charge on any atom is -0.480 e. The first-order chi connectivity index (χ1) is 7.90. The smallest absolute Gasteiger partial charge is 0.260 e. The van der Waals surface area contributed by atoms with Crippen molar-refractivity contribution >= 4 is 21.8 Å². The van der Waals surface area contributed by atoms with Crippen molar-refractivity contribution in [3.05, 3.63) is 28.5 Å². The summed E-state index contributed by atoms with van der Waals surface area (Å²) in [5.74, 6) is -0.113. The topological polar surface area (TPSA) is 38.3 Å². The summed E-state index contributed by atoms with van der Waals surface area (Å²) in [6.07, 6.45) is -0.626. The molecule has 1 rings (SSSR count). The van der Waals surface area contributed by atoms with Crippen LogP contribution in [0.3, 0.4) is 0 Å². The lowest BCUT2D eigenvalue weighted by molar-refractivity contribution is -0.127. The Balaban J connectivity index is 2.67. The van der Waals surface area contributed by atoms with Crippen molar-refractivity contribution in [1.29, 1.82) is 0 Å². The van der Waals surface area contributed by atoms with E-state index < -0.39 is 6.10 Å². The van der Waals surface area contributed by atoms with Gasteiger partial charge in [0.1, 0.15) is 11.6 Å². The Morgan fingerprint density at radius 3 is 2.59 bits per heavy atom. The van der Waals surface area contributed by atoms with Crippen molar-refractivity contribution in [3.8, 4) is 5.75 Å². The van der Waals surface area contributed by atoms with Crippen LogP contribution in [0.1, 0.15) is 20.8 Å². The summed E-state index contributed by atoms with van der Waals surface area (Å²) in [4.78, 5) is 11.6. The van der Waals surface area contributed by atoms with Crippen LogP contribution in [0.5, 0.6) is 5.75 Å². The first-order valence-electron chi connectivity index (χ1n) is 5.32. The SMILES string of the molecule is CC(C)NC(=O)C(C)Oc1ccc(F)cc1Br. The Kier molecular flexibility index (Phi) is 4.93. The molecule has 0 heterocycles. The lowest BCUT2D eigenvalue weighted by Gasteiger charge is -2.17. The Bertz CT molecular complexity index is 409. The van der Waals surface area contributed by atoms with E-state index in [0.29, 0.717) is 10.2 Å². The van der Waals surface area contributed by atoms with E-state index in [2.05, 4.69) is 21.2 Å². The van der Waals surface area contributed by atoms with E-state index >= 15 is 0 Å². The van der Waals surface area contributed by atoms with E-state index in [4.69, 9.17) is 4.74 Å². The van der Waals surface area contributed by atoms with Crippen molar-refractivity contribution in [2.45, 2.75) is 32.9 Å². The molecule has 0 aromatic heterocycles. The van der Waals surface area contributed by atoms with Crippen LogP contribution in [0.15, 0.2) is 22.7 Å². The molecule has 1 aromatic rings. The summed E-state index contributed by atoms with van der Waals surface area (Å²) in [5, 5.41) is 2.74. The average Bonchev–Trinajstić information content (AvgIpc) is 2.21. The Morgan fingerprint density at radius 2 is 2.06 bits per heavy atom. The Labute approximate surface area is 108 Å². The van der Waals surface area contributed by atoms with Crippen LogP contribution in [0.4, 0.5) is 4.39 Å². The van der Waals surface area contributed by atoms with Crippen LogP contribution in [0.2, 0.25) is 0 Å². The average molecular weight is 304 g/mol. The van der Waals surface area contributed by atoms with E-state index in [1.807, 2.05) is 13.8 Å². The highest BCUT2D eigenvalue weighted by molar-refractivity contribution is 9.10. The van der Waals surface area contributed by atoms with Crippen molar-refractivity contribution in [1.82, 2.24) is 5.32 Å². The van der Waals surface area contributed by atoms with Crippen LogP contribution < -0.4 is 10.1 Å². The lowest BCUT2D eigenvalue weighted by Crippen LogP contribution is -2.40. The van der Waals surface area contributed by atoms with Gasteiger partial charge in [-0.3, -0.25) is 4.79 Å². The molecule has 17 heavy (non-hydrogen) atoms. The van der Waals surface area contributed by atoms with Gasteiger partial charge >= 0.3 is 0 Å². The van der Waals surface area contributed by atoms with E-state index in [1.54, 1.807) is 6.92 Å². The molecule has 0 saturated heterocycles. The number of nitrogens with one attached hydrogen (secondary N) is 1. The van der Waals surface area contributed by atoms with Crippen LogP contribution in [0, 0.1) is 5.82 Å². The number of hydrogen-bond donors (Lipinski definition) is 1. The second-order valence-electron chi connectivity index (χ2n) is 4.00. The zero-order valence-corrected chi connectivity index (χ0v) is 11.5. The number of halogens is 2. The van der Waals surface area contributed by atoms with Gasteiger partial charge < -0.3 is 10.1 Å². The van der Waals surface area contributed by atoms with E-state index in [9.17, 15) is 9.18 Å². The maximum absolute atomic E-state index is 12.9. The number of rotatable bonds is 4. The lowest BCUT2D eigenvalue weighted by atomic mass is 10.3. The molecule has 0 aliphatic carbocycles. The molecular weight excluding hydrogens is 289 g/mol. The molecule has 0 saturated carbocycles. The number of carbonyl (C=O) groups is 1. The third-order valence-corrected chi connectivity index (χ3v) is 2.62. The summed E-state index contributed by atoms with van der Waals surface area (Å²) in [6.45, 7) is 5.39. The number of amides is 1. The van der Waals surface area contributed by atoms with Crippen molar-refractivity contribution in [2.75, 3.05) is 0 Å². The highest BCUT2D eigenvalue weighted by atomic mass is 79.9. The fourth-order valence-electron chi connectivity index (χ4n) is 1.22. The summed E-state index contributed by atoms with van der Waals surface area (Å²) in [7, 11) is 0. The van der Waals surface area contributed by atoms with Gasteiger partial charge in [0.2, 0.25) is 0 Å². The maximum atomic E-state index is 12.9. The zero-order valence-electron chi connectivity index (χ0n) is 9.96. The number of carbonyl (C=O) groups excluding carboxylic acids is 1. The zero-order chi connectivity index (χ0) is 13.0. The normalized spacial score (nSPS) is 12.4. The second kappa shape index (κ2) is 6.00. The van der Waals surface area contributed by atoms with Gasteiger partial charge in [0.15, 0.2) is 6.10 Å². The molecule has 0 radical (unpaired) electrons. The van der Waals surface area contributed by atoms with Gasteiger partial charge in [0.05, 0.1) is 4.47 Å². The molecule has 94 valence electrons. The van der Waals surface area contributed by atoms with Crippen molar-refractivity contribution in [2.24, 2.45) is 0 Å². The first kappa shape index (κ1) is 14.0. The third kappa shape index (κ3) is 4.34. The van der Waals surface area contributed by atoms with Crippen molar-refractivity contribution < 1.29 is 13.9 Å². The monoisotopic (exact) mass is 303 g/mol. The Hall–Kier alpha value is -1.10. The molecule has 1 amide bonds. The van der Waals surface area contributed by atoms with E-state index in [1.165, 1.54) is 18.2 Å². The molecule has 0 bridgehead atoms. The summed E-state index contributed by atoms with van der Waals surface area (Å²) in [6, 6.07) is 4.12. The molecule has 1 unspecified atom stereocenters. The van der Waals surface area contributed by atoms with Gasteiger partial charge in [0.25, 0.3) is 5.91 Å². The third-order valence-electron chi connectivity index (χ3n) is 2.00. The van der Waals surface area contributed by atoms with Gasteiger partial charge in [0, 0.05) is 6.04 Å². The van der Waals surface area contributed by atoms with Crippen LogP contribution in [0.25, 0.3) is 0 Å². The molecule has 0 spiro atoms. The first-order valence-corrected chi connectivity index (χ1v) is 6.11. The minimum atomic E-state index is -0.626. The Morgan fingerprint density at radius 1 is 1.41 bits per heavy atom. The molecule has 1 N–H and O–H groups in total. The van der Waals surface area contributed by atoms with Gasteiger partial charge in [-0.05, 0) is 54.9 Å². The largest absolute Gasteiger partial charge is 0.480 e. The minimum absolute atomic E-state index is 0.0604. The fraction of sp³-hybridized carbons (Fsp3) is 0.417. The summed E-state index contributed by atoms with van der Waals surface area (Å²) >= 11 is 3.18. The van der Waals surface area contributed by atoms with Gasteiger partial charge in [-0.25, -0.2) is 4.39 Å². The predicted octanol–water partition coefficient (Wildman–Crippen LogP) is 2.88. The highest BCUT2D eigenvalue weighted by Gasteiger charge is 2.16. The van der Waals surface area contributed by atoms with Crippen LogP contribution in [-0.4, -0.2) is 18.1 Å². The molecule has 0 aliphatic heterocycles. The van der Waals surface area contributed by atoms with Crippen LogP contribution in [-0.2, 0) is 4.79 Å². The standard InChI is InChI=1S/C12H15BrFNO2/c1-7(2)15-12(16)8(3)17-11-5-4-9(14)6-10(11)13/h4-8H,1-3H3,(H,15,16). The van der Waals surface area contributed by atoms with Crippen LogP contribution >= 0.6 is 15.9 Å². The molecule has 0 fully saturated rings. The predicted molar refractivity (Wildman–Crippen MR) is 67.5 cm³/mol. The number of hydrogen-bond acceptors (Lipinski definition) is 2.